The Labute approximate surface area is 124 Å². The van der Waals surface area contributed by atoms with E-state index in [2.05, 4.69) is 20.5 Å². The van der Waals surface area contributed by atoms with Crippen LogP contribution in [-0.4, -0.2) is 25.2 Å². The monoisotopic (exact) mass is 304 g/mol. The van der Waals surface area contributed by atoms with E-state index >= 15 is 0 Å². The van der Waals surface area contributed by atoms with Crippen LogP contribution in [0.2, 0.25) is 0 Å². The summed E-state index contributed by atoms with van der Waals surface area (Å²) in [6.45, 7) is 1.95. The first kappa shape index (κ1) is 13.1. The molecule has 0 aliphatic heterocycles. The van der Waals surface area contributed by atoms with Gasteiger partial charge < -0.3 is 5.73 Å². The second kappa shape index (κ2) is 5.59. The highest BCUT2D eigenvalue weighted by Crippen LogP contribution is 2.32. The van der Waals surface area contributed by atoms with Gasteiger partial charge in [0, 0.05) is 0 Å². The molecule has 0 atom stereocenters. The van der Waals surface area contributed by atoms with Gasteiger partial charge in [0.05, 0.1) is 21.3 Å². The summed E-state index contributed by atoms with van der Waals surface area (Å²) in [4.78, 5) is 4.21. The molecule has 0 saturated carbocycles. The van der Waals surface area contributed by atoms with Crippen molar-refractivity contribution in [1.29, 1.82) is 0 Å². The van der Waals surface area contributed by atoms with E-state index in [-0.39, 0.29) is 0 Å². The Hall–Kier alpha value is -1.93. The summed E-state index contributed by atoms with van der Waals surface area (Å²) in [6, 6.07) is 9.83. The number of hydrogen-bond donors (Lipinski definition) is 1. The second-order valence-electron chi connectivity index (χ2n) is 4.06. The SMILES string of the molecule is Cc1nc(N)sc1SCc1nnnn1-c1ccccc1. The van der Waals surface area contributed by atoms with Gasteiger partial charge in [0.25, 0.3) is 0 Å². The Morgan fingerprint density at radius 3 is 2.80 bits per heavy atom. The summed E-state index contributed by atoms with van der Waals surface area (Å²) in [5, 5.41) is 12.5. The number of aryl methyl sites for hydroxylation is 1. The molecule has 2 N–H and O–H groups in total. The topological polar surface area (TPSA) is 82.5 Å². The van der Waals surface area contributed by atoms with Gasteiger partial charge in [0.1, 0.15) is 0 Å². The number of thioether (sulfide) groups is 1. The molecule has 102 valence electrons. The molecule has 2 heterocycles. The number of aromatic nitrogens is 5. The second-order valence-corrected chi connectivity index (χ2v) is 6.33. The number of benzene rings is 1. The van der Waals surface area contributed by atoms with Crippen molar-refractivity contribution in [2.45, 2.75) is 16.9 Å². The van der Waals surface area contributed by atoms with Crippen molar-refractivity contribution in [2.75, 3.05) is 5.73 Å². The number of anilines is 1. The quantitative estimate of drug-likeness (QED) is 0.745. The van der Waals surface area contributed by atoms with Crippen LogP contribution >= 0.6 is 23.1 Å². The summed E-state index contributed by atoms with van der Waals surface area (Å²) in [7, 11) is 0. The number of nitrogens with zero attached hydrogens (tertiary/aromatic N) is 5. The third kappa shape index (κ3) is 2.66. The third-order valence-corrected chi connectivity index (χ3v) is 4.98. The van der Waals surface area contributed by atoms with Crippen molar-refractivity contribution in [3.8, 4) is 5.69 Å². The molecule has 0 bridgehead atoms. The molecule has 20 heavy (non-hydrogen) atoms. The fourth-order valence-electron chi connectivity index (χ4n) is 1.73. The number of nitrogens with two attached hydrogens (primary N) is 1. The summed E-state index contributed by atoms with van der Waals surface area (Å²) in [5.74, 6) is 1.47. The molecule has 3 rings (SSSR count). The van der Waals surface area contributed by atoms with Gasteiger partial charge in [0.15, 0.2) is 11.0 Å². The van der Waals surface area contributed by atoms with Crippen LogP contribution in [0.15, 0.2) is 34.5 Å². The van der Waals surface area contributed by atoms with Crippen LogP contribution < -0.4 is 5.73 Å². The highest BCUT2D eigenvalue weighted by Gasteiger charge is 2.11. The van der Waals surface area contributed by atoms with Crippen LogP contribution in [0, 0.1) is 6.92 Å². The molecule has 0 aliphatic carbocycles. The number of nitrogen functional groups attached to an aromatic ring is 1. The van der Waals surface area contributed by atoms with Gasteiger partial charge in [-0.3, -0.25) is 0 Å². The maximum Gasteiger partial charge on any atom is 0.181 e. The molecule has 0 fully saturated rings. The van der Waals surface area contributed by atoms with E-state index in [1.54, 1.807) is 16.4 Å². The Kier molecular flexibility index (Phi) is 3.66. The van der Waals surface area contributed by atoms with Gasteiger partial charge in [-0.15, -0.1) is 16.9 Å². The maximum absolute atomic E-state index is 5.70. The van der Waals surface area contributed by atoms with Gasteiger partial charge in [-0.05, 0) is 29.5 Å². The minimum absolute atomic E-state index is 0.590. The third-order valence-electron chi connectivity index (χ3n) is 2.64. The highest BCUT2D eigenvalue weighted by molar-refractivity contribution is 8.00. The molecule has 0 spiro atoms. The summed E-state index contributed by atoms with van der Waals surface area (Å²) in [5.41, 5.74) is 7.61. The maximum atomic E-state index is 5.70. The van der Waals surface area contributed by atoms with Crippen molar-refractivity contribution in [2.24, 2.45) is 0 Å². The molecule has 3 aromatic rings. The molecule has 0 radical (unpaired) electrons. The van der Waals surface area contributed by atoms with E-state index in [1.807, 2.05) is 37.3 Å². The summed E-state index contributed by atoms with van der Waals surface area (Å²) in [6.07, 6.45) is 0. The van der Waals surface area contributed by atoms with E-state index in [9.17, 15) is 0 Å². The van der Waals surface area contributed by atoms with E-state index in [4.69, 9.17) is 5.73 Å². The Bertz CT molecular complexity index is 706. The molecule has 0 aliphatic rings. The minimum atomic E-state index is 0.590. The number of tetrazole rings is 1. The zero-order valence-electron chi connectivity index (χ0n) is 10.7. The first-order chi connectivity index (χ1) is 9.74. The molecule has 0 unspecified atom stereocenters. The first-order valence-electron chi connectivity index (χ1n) is 5.92. The Balaban J connectivity index is 1.79. The summed E-state index contributed by atoms with van der Waals surface area (Å²) < 4.78 is 2.84. The molecular weight excluding hydrogens is 292 g/mol. The van der Waals surface area contributed by atoms with E-state index < -0.39 is 0 Å². The van der Waals surface area contributed by atoms with Gasteiger partial charge in [-0.25, -0.2) is 4.98 Å². The molecule has 0 saturated heterocycles. The van der Waals surface area contributed by atoms with Crippen LogP contribution in [0.5, 0.6) is 0 Å². The van der Waals surface area contributed by atoms with E-state index in [0.717, 1.165) is 21.4 Å². The van der Waals surface area contributed by atoms with Crippen molar-refractivity contribution < 1.29 is 0 Å². The van der Waals surface area contributed by atoms with Crippen LogP contribution in [0.4, 0.5) is 5.13 Å². The van der Waals surface area contributed by atoms with Gasteiger partial charge in [0.2, 0.25) is 0 Å². The van der Waals surface area contributed by atoms with Crippen LogP contribution in [0.3, 0.4) is 0 Å². The molecule has 1 aromatic carbocycles. The molecule has 6 nitrogen and oxygen atoms in total. The minimum Gasteiger partial charge on any atom is -0.375 e. The van der Waals surface area contributed by atoms with Gasteiger partial charge in [-0.1, -0.05) is 29.5 Å². The lowest BCUT2D eigenvalue weighted by molar-refractivity contribution is 0.777. The molecule has 2 aromatic heterocycles. The lowest BCUT2D eigenvalue weighted by atomic mass is 10.3. The number of thiazole rings is 1. The predicted octanol–water partition coefficient (Wildman–Crippen LogP) is 2.30. The number of rotatable bonds is 4. The van der Waals surface area contributed by atoms with Crippen molar-refractivity contribution in [1.82, 2.24) is 25.2 Å². The van der Waals surface area contributed by atoms with Gasteiger partial charge >= 0.3 is 0 Å². The van der Waals surface area contributed by atoms with Crippen molar-refractivity contribution in [3.63, 3.8) is 0 Å². The standard InChI is InChI=1S/C12H12N6S2/c1-8-11(20-12(13)14-8)19-7-10-15-16-17-18(10)9-5-3-2-4-6-9/h2-6H,7H2,1H3,(H2,13,14). The van der Waals surface area contributed by atoms with Crippen molar-refractivity contribution >= 4 is 28.2 Å². The highest BCUT2D eigenvalue weighted by atomic mass is 32.2. The lowest BCUT2D eigenvalue weighted by Gasteiger charge is -2.03. The number of para-hydroxylation sites is 1. The lowest BCUT2D eigenvalue weighted by Crippen LogP contribution is -2.01. The van der Waals surface area contributed by atoms with Crippen molar-refractivity contribution in [3.05, 3.63) is 41.9 Å². The van der Waals surface area contributed by atoms with Gasteiger partial charge in [-0.2, -0.15) is 4.68 Å². The smallest absolute Gasteiger partial charge is 0.181 e. The number of hydrogen-bond acceptors (Lipinski definition) is 7. The molecule has 0 amide bonds. The largest absolute Gasteiger partial charge is 0.375 e. The molecular formula is C12H12N6S2. The first-order valence-corrected chi connectivity index (χ1v) is 7.72. The Morgan fingerprint density at radius 2 is 2.10 bits per heavy atom. The zero-order valence-corrected chi connectivity index (χ0v) is 12.4. The zero-order chi connectivity index (χ0) is 13.9. The van der Waals surface area contributed by atoms with Crippen LogP contribution in [0.1, 0.15) is 11.5 Å². The fourth-order valence-corrected chi connectivity index (χ4v) is 3.66. The average molecular weight is 304 g/mol. The predicted molar refractivity (Wildman–Crippen MR) is 80.0 cm³/mol. The Morgan fingerprint density at radius 1 is 1.30 bits per heavy atom. The normalized spacial score (nSPS) is 10.8. The molecule has 8 heteroatoms. The average Bonchev–Trinajstić information content (AvgIpc) is 3.04. The van der Waals surface area contributed by atoms with Crippen LogP contribution in [-0.2, 0) is 5.75 Å². The van der Waals surface area contributed by atoms with Crippen LogP contribution in [0.25, 0.3) is 5.69 Å². The fraction of sp³-hybridized carbons (Fsp3) is 0.167. The van der Waals surface area contributed by atoms with E-state index in [1.165, 1.54) is 11.3 Å². The summed E-state index contributed by atoms with van der Waals surface area (Å²) >= 11 is 3.14. The van der Waals surface area contributed by atoms with E-state index in [0.29, 0.717) is 10.9 Å².